The highest BCUT2D eigenvalue weighted by Crippen LogP contribution is 2.31. The number of benzene rings is 1. The molecule has 2 aromatic rings. The molecular weight excluding hydrogens is 220 g/mol. The topological polar surface area (TPSA) is 38.9 Å². The lowest BCUT2D eigenvalue weighted by molar-refractivity contribution is 1.13. The zero-order valence-electron chi connectivity index (χ0n) is 11.5. The van der Waals surface area contributed by atoms with Gasteiger partial charge in [0.15, 0.2) is 0 Å². The van der Waals surface area contributed by atoms with Gasteiger partial charge in [-0.05, 0) is 72.7 Å². The van der Waals surface area contributed by atoms with E-state index in [1.807, 2.05) is 12.4 Å². The zero-order chi connectivity index (χ0) is 13.3. The van der Waals surface area contributed by atoms with Crippen LogP contribution in [0.25, 0.3) is 11.1 Å². The second kappa shape index (κ2) is 4.81. The number of anilines is 1. The van der Waals surface area contributed by atoms with Gasteiger partial charge in [0.1, 0.15) is 0 Å². The molecule has 0 aliphatic carbocycles. The Kier molecular flexibility index (Phi) is 3.37. The van der Waals surface area contributed by atoms with Crippen LogP contribution in [0.4, 0.5) is 5.69 Å². The van der Waals surface area contributed by atoms with E-state index >= 15 is 0 Å². The van der Waals surface area contributed by atoms with E-state index in [-0.39, 0.29) is 0 Å². The summed E-state index contributed by atoms with van der Waals surface area (Å²) in [5, 5.41) is 0. The predicted octanol–water partition coefficient (Wildman–Crippen LogP) is 3.82. The monoisotopic (exact) mass is 240 g/mol. The highest BCUT2D eigenvalue weighted by molar-refractivity contribution is 5.74. The Hall–Kier alpha value is -1.83. The minimum Gasteiger partial charge on any atom is -0.398 e. The molecule has 2 rings (SSSR count). The number of hydrogen-bond acceptors (Lipinski definition) is 2. The third kappa shape index (κ3) is 2.10. The third-order valence-corrected chi connectivity index (χ3v) is 3.47. The summed E-state index contributed by atoms with van der Waals surface area (Å²) in [5.41, 5.74) is 14.3. The van der Waals surface area contributed by atoms with Gasteiger partial charge in [-0.3, -0.25) is 4.98 Å². The Balaban J connectivity index is 2.68. The highest BCUT2D eigenvalue weighted by atomic mass is 14.6. The van der Waals surface area contributed by atoms with Gasteiger partial charge in [-0.25, -0.2) is 0 Å². The van der Waals surface area contributed by atoms with E-state index in [9.17, 15) is 0 Å². The van der Waals surface area contributed by atoms with Gasteiger partial charge in [-0.15, -0.1) is 0 Å². The van der Waals surface area contributed by atoms with Crippen molar-refractivity contribution in [3.63, 3.8) is 0 Å². The highest BCUT2D eigenvalue weighted by Gasteiger charge is 2.09. The first kappa shape index (κ1) is 12.6. The normalized spacial score (nSPS) is 10.7. The number of hydrogen-bond donors (Lipinski definition) is 1. The van der Waals surface area contributed by atoms with Gasteiger partial charge in [0.25, 0.3) is 0 Å². The molecule has 0 aliphatic rings. The van der Waals surface area contributed by atoms with Crippen LogP contribution in [0.3, 0.4) is 0 Å². The van der Waals surface area contributed by atoms with E-state index in [0.717, 1.165) is 17.7 Å². The second-order valence-electron chi connectivity index (χ2n) is 4.87. The van der Waals surface area contributed by atoms with Crippen LogP contribution in [-0.4, -0.2) is 4.98 Å². The Morgan fingerprint density at radius 1 is 1.00 bits per heavy atom. The summed E-state index contributed by atoms with van der Waals surface area (Å²) in [6, 6.07) is 4.38. The van der Waals surface area contributed by atoms with Gasteiger partial charge in [0.05, 0.1) is 0 Å². The van der Waals surface area contributed by atoms with Crippen molar-refractivity contribution >= 4 is 5.69 Å². The number of nitrogens with two attached hydrogens (primary N) is 1. The fraction of sp³-hybridized carbons (Fsp3) is 0.312. The summed E-state index contributed by atoms with van der Waals surface area (Å²) < 4.78 is 0. The molecule has 18 heavy (non-hydrogen) atoms. The molecule has 0 saturated heterocycles. The molecule has 0 bridgehead atoms. The van der Waals surface area contributed by atoms with Crippen molar-refractivity contribution < 1.29 is 0 Å². The molecular formula is C16H20N2. The number of nitrogens with zero attached hydrogens (tertiary/aromatic N) is 1. The number of aromatic nitrogens is 1. The first-order valence-corrected chi connectivity index (χ1v) is 6.35. The first-order chi connectivity index (χ1) is 8.54. The van der Waals surface area contributed by atoms with Crippen LogP contribution in [0, 0.1) is 20.8 Å². The van der Waals surface area contributed by atoms with E-state index in [4.69, 9.17) is 5.73 Å². The fourth-order valence-corrected chi connectivity index (χ4v) is 2.46. The van der Waals surface area contributed by atoms with Crippen LogP contribution < -0.4 is 5.73 Å². The lowest BCUT2D eigenvalue weighted by Crippen LogP contribution is -1.98. The van der Waals surface area contributed by atoms with E-state index < -0.39 is 0 Å². The Labute approximate surface area is 109 Å². The fourth-order valence-electron chi connectivity index (χ4n) is 2.46. The van der Waals surface area contributed by atoms with Crippen LogP contribution in [0.1, 0.15) is 29.2 Å². The maximum atomic E-state index is 6.10. The standard InChI is InChI=1S/C16H20N2/c1-5-13-7-14(6-10(2)16(13)17)15-11(3)8-18-9-12(15)4/h6-9H,5,17H2,1-4H3. The molecule has 0 saturated carbocycles. The number of nitrogen functional groups attached to an aromatic ring is 1. The van der Waals surface area contributed by atoms with Crippen molar-refractivity contribution in [1.29, 1.82) is 0 Å². The first-order valence-electron chi connectivity index (χ1n) is 6.35. The van der Waals surface area contributed by atoms with Gasteiger partial charge < -0.3 is 5.73 Å². The molecule has 0 amide bonds. The van der Waals surface area contributed by atoms with Crippen molar-refractivity contribution in [2.45, 2.75) is 34.1 Å². The van der Waals surface area contributed by atoms with Crippen molar-refractivity contribution in [2.75, 3.05) is 5.73 Å². The van der Waals surface area contributed by atoms with Gasteiger partial charge in [-0.2, -0.15) is 0 Å². The van der Waals surface area contributed by atoms with Gasteiger partial charge in [0.2, 0.25) is 0 Å². The lowest BCUT2D eigenvalue weighted by Gasteiger charge is -2.14. The maximum Gasteiger partial charge on any atom is 0.0376 e. The smallest absolute Gasteiger partial charge is 0.0376 e. The SMILES string of the molecule is CCc1cc(-c2c(C)cncc2C)cc(C)c1N. The van der Waals surface area contributed by atoms with E-state index in [1.165, 1.54) is 27.8 Å². The lowest BCUT2D eigenvalue weighted by atomic mass is 9.93. The third-order valence-electron chi connectivity index (χ3n) is 3.47. The minimum atomic E-state index is 0.922. The Morgan fingerprint density at radius 2 is 1.61 bits per heavy atom. The molecule has 0 fully saturated rings. The molecule has 0 radical (unpaired) electrons. The molecule has 0 aliphatic heterocycles. The van der Waals surface area contributed by atoms with Crippen LogP contribution in [0.15, 0.2) is 24.5 Å². The van der Waals surface area contributed by atoms with Crippen molar-refractivity contribution in [3.8, 4) is 11.1 Å². The van der Waals surface area contributed by atoms with Crippen LogP contribution in [0.5, 0.6) is 0 Å². The molecule has 1 heterocycles. The average Bonchev–Trinajstić information content (AvgIpc) is 2.33. The second-order valence-corrected chi connectivity index (χ2v) is 4.87. The Bertz CT molecular complexity index is 566. The number of rotatable bonds is 2. The van der Waals surface area contributed by atoms with Crippen LogP contribution in [0.2, 0.25) is 0 Å². The predicted molar refractivity (Wildman–Crippen MR) is 77.7 cm³/mol. The van der Waals surface area contributed by atoms with Crippen LogP contribution >= 0.6 is 0 Å². The number of aryl methyl sites for hydroxylation is 4. The summed E-state index contributed by atoms with van der Waals surface area (Å²) in [7, 11) is 0. The summed E-state index contributed by atoms with van der Waals surface area (Å²) >= 11 is 0. The zero-order valence-corrected chi connectivity index (χ0v) is 11.5. The van der Waals surface area contributed by atoms with Gasteiger partial charge in [-0.1, -0.05) is 6.92 Å². The van der Waals surface area contributed by atoms with Gasteiger partial charge in [0, 0.05) is 18.1 Å². The summed E-state index contributed by atoms with van der Waals surface area (Å²) in [6.45, 7) is 8.42. The molecule has 2 nitrogen and oxygen atoms in total. The molecule has 0 spiro atoms. The van der Waals surface area contributed by atoms with E-state index in [2.05, 4.69) is 44.8 Å². The van der Waals surface area contributed by atoms with Crippen molar-refractivity contribution in [2.24, 2.45) is 0 Å². The quantitative estimate of drug-likeness (QED) is 0.810. The summed E-state index contributed by atoms with van der Waals surface area (Å²) in [6.07, 6.45) is 4.79. The number of pyridine rings is 1. The van der Waals surface area contributed by atoms with Crippen LogP contribution in [-0.2, 0) is 6.42 Å². The summed E-state index contributed by atoms with van der Waals surface area (Å²) in [5.74, 6) is 0. The molecule has 0 unspecified atom stereocenters. The molecule has 2 N–H and O–H groups in total. The maximum absolute atomic E-state index is 6.10. The molecule has 0 atom stereocenters. The summed E-state index contributed by atoms with van der Waals surface area (Å²) in [4.78, 5) is 4.23. The average molecular weight is 240 g/mol. The van der Waals surface area contributed by atoms with Gasteiger partial charge >= 0.3 is 0 Å². The minimum absolute atomic E-state index is 0.922. The molecule has 1 aromatic carbocycles. The van der Waals surface area contributed by atoms with Crippen molar-refractivity contribution in [1.82, 2.24) is 4.98 Å². The van der Waals surface area contributed by atoms with E-state index in [0.29, 0.717) is 0 Å². The molecule has 94 valence electrons. The molecule has 2 heteroatoms. The molecule has 1 aromatic heterocycles. The van der Waals surface area contributed by atoms with Crippen molar-refractivity contribution in [3.05, 3.63) is 46.8 Å². The largest absolute Gasteiger partial charge is 0.398 e. The Morgan fingerprint density at radius 3 is 2.17 bits per heavy atom. The van der Waals surface area contributed by atoms with E-state index in [1.54, 1.807) is 0 Å².